The van der Waals surface area contributed by atoms with E-state index in [1.54, 1.807) is 11.1 Å². The molecular formula is C14H22N4O. The van der Waals surface area contributed by atoms with E-state index in [1.165, 1.54) is 0 Å². The zero-order valence-electron chi connectivity index (χ0n) is 11.6. The number of hydrogen-bond donors (Lipinski definition) is 2. The Hall–Kier alpha value is -1.62. The third kappa shape index (κ3) is 3.44. The van der Waals surface area contributed by atoms with Gasteiger partial charge >= 0.3 is 0 Å². The van der Waals surface area contributed by atoms with Crippen molar-refractivity contribution in [1.82, 2.24) is 15.2 Å². The first kappa shape index (κ1) is 13.8. The highest BCUT2D eigenvalue weighted by Crippen LogP contribution is 2.13. The number of aromatic nitrogens is 1. The van der Waals surface area contributed by atoms with Gasteiger partial charge in [-0.1, -0.05) is 0 Å². The maximum Gasteiger partial charge on any atom is 0.272 e. The van der Waals surface area contributed by atoms with Crippen LogP contribution in [-0.2, 0) is 0 Å². The Bertz CT molecular complexity index is 425. The molecular weight excluding hydrogens is 240 g/mol. The van der Waals surface area contributed by atoms with Crippen molar-refractivity contribution in [2.75, 3.05) is 31.5 Å². The fourth-order valence-electron chi connectivity index (χ4n) is 2.32. The highest BCUT2D eigenvalue weighted by atomic mass is 16.2. The Morgan fingerprint density at radius 3 is 2.95 bits per heavy atom. The quantitative estimate of drug-likeness (QED) is 0.840. The van der Waals surface area contributed by atoms with Crippen LogP contribution >= 0.6 is 0 Å². The molecule has 1 saturated heterocycles. The molecule has 104 valence electrons. The van der Waals surface area contributed by atoms with Crippen LogP contribution in [0.2, 0.25) is 0 Å². The van der Waals surface area contributed by atoms with Gasteiger partial charge in [0.2, 0.25) is 0 Å². The topological polar surface area (TPSA) is 57.3 Å². The van der Waals surface area contributed by atoms with Gasteiger partial charge in [0.25, 0.3) is 5.91 Å². The molecule has 0 aliphatic carbocycles. The number of carbonyl (C=O) groups excluding carboxylic acids is 1. The lowest BCUT2D eigenvalue weighted by Crippen LogP contribution is -2.31. The molecule has 0 aromatic carbocycles. The SMILES string of the molecule is CCN(CC)C(=O)c1cc(NC2CCNC2)ccn1. The second-order valence-electron chi connectivity index (χ2n) is 4.74. The van der Waals surface area contributed by atoms with E-state index in [0.717, 1.165) is 25.2 Å². The fourth-order valence-corrected chi connectivity index (χ4v) is 2.32. The summed E-state index contributed by atoms with van der Waals surface area (Å²) < 4.78 is 0. The molecule has 5 nitrogen and oxygen atoms in total. The molecule has 1 unspecified atom stereocenters. The second kappa shape index (κ2) is 6.52. The van der Waals surface area contributed by atoms with E-state index in [4.69, 9.17) is 0 Å². The van der Waals surface area contributed by atoms with Crippen molar-refractivity contribution >= 4 is 11.6 Å². The van der Waals surface area contributed by atoms with E-state index in [-0.39, 0.29) is 5.91 Å². The van der Waals surface area contributed by atoms with Crippen molar-refractivity contribution in [3.63, 3.8) is 0 Å². The van der Waals surface area contributed by atoms with E-state index in [9.17, 15) is 4.79 Å². The van der Waals surface area contributed by atoms with E-state index >= 15 is 0 Å². The van der Waals surface area contributed by atoms with E-state index in [0.29, 0.717) is 24.8 Å². The predicted molar refractivity (Wildman–Crippen MR) is 76.4 cm³/mol. The monoisotopic (exact) mass is 262 g/mol. The van der Waals surface area contributed by atoms with E-state index < -0.39 is 0 Å². The minimum absolute atomic E-state index is 0.00167. The first-order chi connectivity index (χ1) is 9.24. The summed E-state index contributed by atoms with van der Waals surface area (Å²) in [4.78, 5) is 18.2. The van der Waals surface area contributed by atoms with Crippen molar-refractivity contribution in [2.45, 2.75) is 26.3 Å². The summed E-state index contributed by atoms with van der Waals surface area (Å²) in [7, 11) is 0. The number of amides is 1. The van der Waals surface area contributed by atoms with E-state index in [1.807, 2.05) is 26.0 Å². The lowest BCUT2D eigenvalue weighted by Gasteiger charge is -2.19. The molecule has 19 heavy (non-hydrogen) atoms. The van der Waals surface area contributed by atoms with Gasteiger partial charge < -0.3 is 15.5 Å². The number of carbonyl (C=O) groups is 1. The summed E-state index contributed by atoms with van der Waals surface area (Å²) in [6.07, 6.45) is 2.81. The van der Waals surface area contributed by atoms with Crippen LogP contribution < -0.4 is 10.6 Å². The van der Waals surface area contributed by atoms with Gasteiger partial charge in [-0.15, -0.1) is 0 Å². The molecule has 1 aromatic rings. The average molecular weight is 262 g/mol. The van der Waals surface area contributed by atoms with Gasteiger partial charge in [-0.2, -0.15) is 0 Å². The van der Waals surface area contributed by atoms with Crippen LogP contribution in [0.4, 0.5) is 5.69 Å². The van der Waals surface area contributed by atoms with Crippen molar-refractivity contribution in [3.05, 3.63) is 24.0 Å². The molecule has 0 bridgehead atoms. The first-order valence-electron chi connectivity index (χ1n) is 6.97. The van der Waals surface area contributed by atoms with Crippen LogP contribution in [0.25, 0.3) is 0 Å². The normalized spacial score (nSPS) is 18.3. The summed E-state index contributed by atoms with van der Waals surface area (Å²) >= 11 is 0. The summed E-state index contributed by atoms with van der Waals surface area (Å²) in [6, 6.07) is 4.20. The number of pyridine rings is 1. The fraction of sp³-hybridized carbons (Fsp3) is 0.571. The molecule has 0 spiro atoms. The van der Waals surface area contributed by atoms with Gasteiger partial charge in [0.1, 0.15) is 5.69 Å². The number of hydrogen-bond acceptors (Lipinski definition) is 4. The van der Waals surface area contributed by atoms with Crippen LogP contribution in [0.3, 0.4) is 0 Å². The van der Waals surface area contributed by atoms with Crippen LogP contribution in [-0.4, -0.2) is 48.0 Å². The standard InChI is InChI=1S/C14H22N4O/c1-3-18(4-2)14(19)13-9-11(6-8-16-13)17-12-5-7-15-10-12/h6,8-9,12,15H,3-5,7,10H2,1-2H3,(H,16,17). The molecule has 2 N–H and O–H groups in total. The Labute approximate surface area is 114 Å². The average Bonchev–Trinajstić information content (AvgIpc) is 2.93. The van der Waals surface area contributed by atoms with Gasteiger partial charge in [-0.25, -0.2) is 0 Å². The molecule has 1 fully saturated rings. The Kier molecular flexibility index (Phi) is 4.74. The van der Waals surface area contributed by atoms with Crippen LogP contribution in [0.15, 0.2) is 18.3 Å². The minimum atomic E-state index is -0.00167. The summed E-state index contributed by atoms with van der Waals surface area (Å²) in [6.45, 7) is 7.40. The molecule has 1 atom stereocenters. The first-order valence-corrected chi connectivity index (χ1v) is 6.97. The third-order valence-electron chi connectivity index (χ3n) is 3.46. The van der Waals surface area contributed by atoms with Crippen LogP contribution in [0.1, 0.15) is 30.8 Å². The van der Waals surface area contributed by atoms with E-state index in [2.05, 4.69) is 15.6 Å². The highest BCUT2D eigenvalue weighted by molar-refractivity contribution is 5.93. The van der Waals surface area contributed by atoms with Crippen molar-refractivity contribution in [3.8, 4) is 0 Å². The second-order valence-corrected chi connectivity index (χ2v) is 4.74. The number of nitrogens with one attached hydrogen (secondary N) is 2. The van der Waals surface area contributed by atoms with Gasteiger partial charge in [0.15, 0.2) is 0 Å². The Morgan fingerprint density at radius 2 is 2.32 bits per heavy atom. The highest BCUT2D eigenvalue weighted by Gasteiger charge is 2.16. The molecule has 2 rings (SSSR count). The van der Waals surface area contributed by atoms with Gasteiger partial charge in [-0.3, -0.25) is 9.78 Å². The molecule has 5 heteroatoms. The number of anilines is 1. The lowest BCUT2D eigenvalue weighted by atomic mass is 10.2. The molecule has 0 radical (unpaired) electrons. The number of nitrogens with zero attached hydrogens (tertiary/aromatic N) is 2. The molecule has 1 aliphatic rings. The molecule has 1 amide bonds. The molecule has 1 aromatic heterocycles. The molecule has 2 heterocycles. The predicted octanol–water partition coefficient (Wildman–Crippen LogP) is 1.34. The lowest BCUT2D eigenvalue weighted by molar-refractivity contribution is 0.0767. The zero-order valence-corrected chi connectivity index (χ0v) is 11.6. The van der Waals surface area contributed by atoms with Crippen LogP contribution in [0, 0.1) is 0 Å². The summed E-state index contributed by atoms with van der Waals surface area (Å²) in [5.41, 5.74) is 1.49. The van der Waals surface area contributed by atoms with Crippen LogP contribution in [0.5, 0.6) is 0 Å². The number of rotatable bonds is 5. The minimum Gasteiger partial charge on any atom is -0.381 e. The van der Waals surface area contributed by atoms with Gasteiger partial charge in [-0.05, 0) is 38.9 Å². The van der Waals surface area contributed by atoms with Crippen molar-refractivity contribution in [1.29, 1.82) is 0 Å². The maximum atomic E-state index is 12.2. The largest absolute Gasteiger partial charge is 0.381 e. The van der Waals surface area contributed by atoms with Crippen molar-refractivity contribution in [2.24, 2.45) is 0 Å². The summed E-state index contributed by atoms with van der Waals surface area (Å²) in [5.74, 6) is -0.00167. The Balaban J connectivity index is 2.07. The maximum absolute atomic E-state index is 12.2. The molecule has 1 aliphatic heterocycles. The Morgan fingerprint density at radius 1 is 1.53 bits per heavy atom. The van der Waals surface area contributed by atoms with Gasteiger partial charge in [0, 0.05) is 37.6 Å². The van der Waals surface area contributed by atoms with Crippen molar-refractivity contribution < 1.29 is 4.79 Å². The van der Waals surface area contributed by atoms with Gasteiger partial charge in [0.05, 0.1) is 0 Å². The molecule has 0 saturated carbocycles. The smallest absolute Gasteiger partial charge is 0.272 e. The summed E-state index contributed by atoms with van der Waals surface area (Å²) in [5, 5.41) is 6.75. The zero-order chi connectivity index (χ0) is 13.7. The third-order valence-corrected chi connectivity index (χ3v) is 3.46.